The first-order valence-corrected chi connectivity index (χ1v) is 4.64. The maximum atomic E-state index is 11.8. The molecule has 2 heteroatoms. The minimum absolute atomic E-state index is 0.239. The largest absolute Gasteiger partial charge is 0.311 e. The molecule has 1 aliphatic carbocycles. The number of halogens is 1. The Hall–Kier alpha value is -0.110. The van der Waals surface area contributed by atoms with E-state index in [1.807, 2.05) is 0 Å². The molecular formula is C9H18FN. The van der Waals surface area contributed by atoms with E-state index in [1.54, 1.807) is 0 Å². The number of hydrogen-bond donors (Lipinski definition) is 1. The Morgan fingerprint density at radius 3 is 2.64 bits per heavy atom. The predicted molar refractivity (Wildman–Crippen MR) is 45.4 cm³/mol. The third-order valence-corrected chi connectivity index (χ3v) is 2.67. The van der Waals surface area contributed by atoms with Crippen molar-refractivity contribution >= 4 is 0 Å². The molecule has 66 valence electrons. The van der Waals surface area contributed by atoms with Crippen molar-refractivity contribution in [2.75, 3.05) is 13.2 Å². The number of rotatable bonds is 4. The van der Waals surface area contributed by atoms with E-state index in [4.69, 9.17) is 0 Å². The highest BCUT2D eigenvalue weighted by molar-refractivity contribution is 4.76. The predicted octanol–water partition coefficient (Wildman–Crippen LogP) is 2.12. The SMILES string of the molecule is C[C@@H](NCCF)C1CCCC1. The molecule has 1 aliphatic rings. The Bertz CT molecular complexity index is 99.7. The van der Waals surface area contributed by atoms with Gasteiger partial charge in [0.05, 0.1) is 0 Å². The molecule has 0 bridgehead atoms. The first kappa shape index (κ1) is 8.98. The van der Waals surface area contributed by atoms with Crippen molar-refractivity contribution in [3.8, 4) is 0 Å². The molecule has 1 saturated carbocycles. The van der Waals surface area contributed by atoms with Gasteiger partial charge in [0.2, 0.25) is 0 Å². The standard InChI is InChI=1S/C9H18FN/c1-8(11-7-6-10)9-4-2-3-5-9/h8-9,11H,2-7H2,1H3/t8-/m1/s1. The highest BCUT2D eigenvalue weighted by atomic mass is 19.1. The molecular weight excluding hydrogens is 141 g/mol. The second kappa shape index (κ2) is 4.70. The van der Waals surface area contributed by atoms with Crippen LogP contribution < -0.4 is 5.32 Å². The molecule has 1 nitrogen and oxygen atoms in total. The average molecular weight is 159 g/mol. The summed E-state index contributed by atoms with van der Waals surface area (Å²) >= 11 is 0. The van der Waals surface area contributed by atoms with Crippen molar-refractivity contribution in [2.24, 2.45) is 5.92 Å². The van der Waals surface area contributed by atoms with E-state index in [2.05, 4.69) is 12.2 Å². The molecule has 0 aromatic rings. The molecule has 11 heavy (non-hydrogen) atoms. The van der Waals surface area contributed by atoms with Gasteiger partial charge in [-0.3, -0.25) is 0 Å². The van der Waals surface area contributed by atoms with Gasteiger partial charge in [0.15, 0.2) is 0 Å². The second-order valence-electron chi connectivity index (χ2n) is 3.48. The maximum absolute atomic E-state index is 11.8. The lowest BCUT2D eigenvalue weighted by molar-refractivity contribution is 0.359. The van der Waals surface area contributed by atoms with Crippen molar-refractivity contribution < 1.29 is 4.39 Å². The summed E-state index contributed by atoms with van der Waals surface area (Å²) in [4.78, 5) is 0. The van der Waals surface area contributed by atoms with Crippen LogP contribution >= 0.6 is 0 Å². The number of alkyl halides is 1. The highest BCUT2D eigenvalue weighted by Crippen LogP contribution is 2.27. The summed E-state index contributed by atoms with van der Waals surface area (Å²) in [5.74, 6) is 0.807. The van der Waals surface area contributed by atoms with Gasteiger partial charge in [-0.15, -0.1) is 0 Å². The van der Waals surface area contributed by atoms with Crippen LogP contribution in [0.3, 0.4) is 0 Å². The fourth-order valence-corrected chi connectivity index (χ4v) is 1.91. The van der Waals surface area contributed by atoms with Crippen molar-refractivity contribution in [1.82, 2.24) is 5.32 Å². The van der Waals surface area contributed by atoms with Crippen LogP contribution in [-0.2, 0) is 0 Å². The molecule has 0 heterocycles. The number of nitrogens with one attached hydrogen (secondary N) is 1. The Morgan fingerprint density at radius 1 is 1.45 bits per heavy atom. The van der Waals surface area contributed by atoms with Gasteiger partial charge in [0, 0.05) is 12.6 Å². The molecule has 0 radical (unpaired) electrons. The van der Waals surface area contributed by atoms with Crippen molar-refractivity contribution in [1.29, 1.82) is 0 Å². The van der Waals surface area contributed by atoms with E-state index in [-0.39, 0.29) is 6.67 Å². The Balaban J connectivity index is 2.12. The topological polar surface area (TPSA) is 12.0 Å². The van der Waals surface area contributed by atoms with Crippen LogP contribution in [-0.4, -0.2) is 19.3 Å². The molecule has 0 spiro atoms. The molecule has 1 atom stereocenters. The first-order chi connectivity index (χ1) is 5.34. The lowest BCUT2D eigenvalue weighted by atomic mass is 10.00. The van der Waals surface area contributed by atoms with Crippen LogP contribution in [0.5, 0.6) is 0 Å². The van der Waals surface area contributed by atoms with E-state index < -0.39 is 0 Å². The van der Waals surface area contributed by atoms with Gasteiger partial charge in [0.1, 0.15) is 6.67 Å². The van der Waals surface area contributed by atoms with E-state index in [0.29, 0.717) is 12.6 Å². The van der Waals surface area contributed by atoms with E-state index in [9.17, 15) is 4.39 Å². The molecule has 0 aromatic carbocycles. The highest BCUT2D eigenvalue weighted by Gasteiger charge is 2.20. The fraction of sp³-hybridized carbons (Fsp3) is 1.00. The molecule has 0 saturated heterocycles. The van der Waals surface area contributed by atoms with Crippen LogP contribution in [0.4, 0.5) is 4.39 Å². The quantitative estimate of drug-likeness (QED) is 0.662. The molecule has 0 aliphatic heterocycles. The van der Waals surface area contributed by atoms with Gasteiger partial charge < -0.3 is 5.32 Å². The molecule has 1 rings (SSSR count). The molecule has 0 amide bonds. The summed E-state index contributed by atoms with van der Waals surface area (Å²) in [5, 5.41) is 3.20. The summed E-state index contributed by atoms with van der Waals surface area (Å²) < 4.78 is 11.8. The van der Waals surface area contributed by atoms with Gasteiger partial charge in [-0.25, -0.2) is 4.39 Å². The van der Waals surface area contributed by atoms with Crippen molar-refractivity contribution in [3.63, 3.8) is 0 Å². The minimum atomic E-state index is -0.239. The van der Waals surface area contributed by atoms with Gasteiger partial charge in [-0.2, -0.15) is 0 Å². The minimum Gasteiger partial charge on any atom is -0.311 e. The summed E-state index contributed by atoms with van der Waals surface area (Å²) in [6, 6.07) is 0.522. The normalized spacial score (nSPS) is 22.4. The van der Waals surface area contributed by atoms with E-state index >= 15 is 0 Å². The van der Waals surface area contributed by atoms with Gasteiger partial charge in [0.25, 0.3) is 0 Å². The zero-order chi connectivity index (χ0) is 8.10. The lowest BCUT2D eigenvalue weighted by Gasteiger charge is -2.19. The smallest absolute Gasteiger partial charge is 0.102 e. The van der Waals surface area contributed by atoms with Crippen molar-refractivity contribution in [2.45, 2.75) is 38.6 Å². The zero-order valence-corrected chi connectivity index (χ0v) is 7.28. The lowest BCUT2D eigenvalue weighted by Crippen LogP contribution is -2.33. The molecule has 0 aromatic heterocycles. The third-order valence-electron chi connectivity index (χ3n) is 2.67. The van der Waals surface area contributed by atoms with Gasteiger partial charge >= 0.3 is 0 Å². The van der Waals surface area contributed by atoms with Crippen LogP contribution in [0.25, 0.3) is 0 Å². The van der Waals surface area contributed by atoms with E-state index in [0.717, 1.165) is 5.92 Å². The monoisotopic (exact) mass is 159 g/mol. The third kappa shape index (κ3) is 2.78. The second-order valence-corrected chi connectivity index (χ2v) is 3.48. The summed E-state index contributed by atoms with van der Waals surface area (Å²) in [5.41, 5.74) is 0. The molecule has 1 N–H and O–H groups in total. The number of hydrogen-bond acceptors (Lipinski definition) is 1. The summed E-state index contributed by atoms with van der Waals surface area (Å²) in [6.45, 7) is 2.46. The van der Waals surface area contributed by atoms with Crippen molar-refractivity contribution in [3.05, 3.63) is 0 Å². The Kier molecular flexibility index (Phi) is 3.84. The average Bonchev–Trinajstić information content (AvgIpc) is 2.52. The Morgan fingerprint density at radius 2 is 2.09 bits per heavy atom. The van der Waals surface area contributed by atoms with Crippen LogP contribution in [0.1, 0.15) is 32.6 Å². The Labute approximate surface area is 68.4 Å². The zero-order valence-electron chi connectivity index (χ0n) is 7.28. The maximum Gasteiger partial charge on any atom is 0.102 e. The first-order valence-electron chi connectivity index (χ1n) is 4.64. The fourth-order valence-electron chi connectivity index (χ4n) is 1.91. The molecule has 0 unspecified atom stereocenters. The van der Waals surface area contributed by atoms with Gasteiger partial charge in [-0.05, 0) is 25.7 Å². The van der Waals surface area contributed by atoms with E-state index in [1.165, 1.54) is 25.7 Å². The van der Waals surface area contributed by atoms with Crippen LogP contribution in [0.15, 0.2) is 0 Å². The summed E-state index contributed by atoms with van der Waals surface area (Å²) in [7, 11) is 0. The van der Waals surface area contributed by atoms with Crippen LogP contribution in [0, 0.1) is 5.92 Å². The van der Waals surface area contributed by atoms with Crippen LogP contribution in [0.2, 0.25) is 0 Å². The summed E-state index contributed by atoms with van der Waals surface area (Å²) in [6.07, 6.45) is 5.40. The van der Waals surface area contributed by atoms with Gasteiger partial charge in [-0.1, -0.05) is 12.8 Å². The molecule has 1 fully saturated rings.